The minimum atomic E-state index is -0.987. The van der Waals surface area contributed by atoms with Gasteiger partial charge in [0.15, 0.2) is 0 Å². The Balaban J connectivity index is 3.45. The predicted octanol–water partition coefficient (Wildman–Crippen LogP) is 3.08. The molecule has 0 radical (unpaired) electrons. The number of hydrogen-bond donors (Lipinski definition) is 0. The number of rotatable bonds is 5. The molecular weight excluding hydrogens is 300 g/mol. The third-order valence-electron chi connectivity index (χ3n) is 1.80. The lowest BCUT2D eigenvalue weighted by Gasteiger charge is -2.16. The molecule has 0 saturated heterocycles. The molecule has 0 aliphatic rings. The largest absolute Gasteiger partial charge is 0.107 e. The third-order valence-corrected chi connectivity index (χ3v) is 9.20. The van der Waals surface area contributed by atoms with E-state index in [2.05, 4.69) is 57.2 Å². The van der Waals surface area contributed by atoms with Crippen LogP contribution in [0, 0.1) is 0 Å². The SMILES string of the molecule is C=C[Si](C)(C)CC[SiH2]C(Br)Br. The van der Waals surface area contributed by atoms with Gasteiger partial charge in [-0.15, -0.1) is 12.3 Å². The fraction of sp³-hybridized carbons (Fsp3) is 0.714. The van der Waals surface area contributed by atoms with E-state index in [0.717, 1.165) is 0 Å². The van der Waals surface area contributed by atoms with Crippen LogP contribution in [0.3, 0.4) is 0 Å². The van der Waals surface area contributed by atoms with Gasteiger partial charge in [-0.3, -0.25) is 0 Å². The van der Waals surface area contributed by atoms with Gasteiger partial charge in [-0.2, -0.15) is 0 Å². The molecule has 0 rings (SSSR count). The van der Waals surface area contributed by atoms with Crippen LogP contribution in [-0.4, -0.2) is 21.0 Å². The standard InChI is InChI=1S/C7H16Br2Si2/c1-4-11(2,3)6-5-10-7(8)9/h4,7H,1,5-6,10H2,2-3H3. The van der Waals surface area contributed by atoms with E-state index in [9.17, 15) is 0 Å². The highest BCUT2D eigenvalue weighted by Crippen LogP contribution is 2.16. The van der Waals surface area contributed by atoms with Gasteiger partial charge in [0.05, 0.1) is 11.4 Å². The van der Waals surface area contributed by atoms with Gasteiger partial charge >= 0.3 is 0 Å². The zero-order valence-corrected chi connectivity index (χ0v) is 12.8. The van der Waals surface area contributed by atoms with Gasteiger partial charge in [0, 0.05) is 9.52 Å². The monoisotopic (exact) mass is 314 g/mol. The normalized spacial score (nSPS) is 13.2. The van der Waals surface area contributed by atoms with Gasteiger partial charge in [0.25, 0.3) is 0 Å². The minimum Gasteiger partial charge on any atom is -0.107 e. The van der Waals surface area contributed by atoms with Crippen molar-refractivity contribution < 1.29 is 0 Å². The van der Waals surface area contributed by atoms with E-state index >= 15 is 0 Å². The van der Waals surface area contributed by atoms with Crippen molar-refractivity contribution in [3.8, 4) is 0 Å². The predicted molar refractivity (Wildman–Crippen MR) is 67.5 cm³/mol. The van der Waals surface area contributed by atoms with Gasteiger partial charge in [0.2, 0.25) is 0 Å². The lowest BCUT2D eigenvalue weighted by molar-refractivity contribution is 1.34. The van der Waals surface area contributed by atoms with Crippen LogP contribution in [-0.2, 0) is 0 Å². The van der Waals surface area contributed by atoms with Gasteiger partial charge < -0.3 is 0 Å². The van der Waals surface area contributed by atoms with Crippen molar-refractivity contribution in [2.45, 2.75) is 28.5 Å². The molecule has 0 spiro atoms. The van der Waals surface area contributed by atoms with Crippen LogP contribution >= 0.6 is 31.9 Å². The first kappa shape index (κ1) is 12.1. The molecule has 0 bridgehead atoms. The summed E-state index contributed by atoms with van der Waals surface area (Å²) in [4.78, 5) is 0. The highest BCUT2D eigenvalue weighted by molar-refractivity contribution is 9.25. The smallest absolute Gasteiger partial charge is 0.0706 e. The molecular formula is C7H16Br2Si2. The van der Waals surface area contributed by atoms with Crippen LogP contribution in [0.4, 0.5) is 0 Å². The van der Waals surface area contributed by atoms with Gasteiger partial charge in [-0.1, -0.05) is 57.0 Å². The van der Waals surface area contributed by atoms with Crippen LogP contribution in [0.1, 0.15) is 0 Å². The topological polar surface area (TPSA) is 0 Å². The van der Waals surface area contributed by atoms with Crippen LogP contribution in [0.15, 0.2) is 12.3 Å². The molecule has 0 aromatic heterocycles. The molecule has 0 amide bonds. The first-order valence-corrected chi connectivity index (χ1v) is 10.8. The average molecular weight is 316 g/mol. The minimum absolute atomic E-state index is 0.0772. The van der Waals surface area contributed by atoms with Crippen molar-refractivity contribution in [3.63, 3.8) is 0 Å². The van der Waals surface area contributed by atoms with Crippen LogP contribution < -0.4 is 0 Å². The second kappa shape index (κ2) is 5.72. The molecule has 0 fully saturated rings. The van der Waals surface area contributed by atoms with Gasteiger partial charge in [-0.25, -0.2) is 0 Å². The van der Waals surface area contributed by atoms with Crippen molar-refractivity contribution in [2.75, 3.05) is 0 Å². The fourth-order valence-electron chi connectivity index (χ4n) is 0.814. The Bertz CT molecular complexity index is 124. The van der Waals surface area contributed by atoms with Crippen molar-refractivity contribution in [3.05, 3.63) is 12.3 Å². The van der Waals surface area contributed by atoms with E-state index in [0.29, 0.717) is 3.36 Å². The summed E-state index contributed by atoms with van der Waals surface area (Å²) in [7, 11) is -0.910. The summed E-state index contributed by atoms with van der Waals surface area (Å²) >= 11 is 7.06. The molecule has 0 unspecified atom stereocenters. The zero-order chi connectivity index (χ0) is 8.91. The molecule has 11 heavy (non-hydrogen) atoms. The maximum absolute atomic E-state index is 3.88. The molecule has 4 heteroatoms. The average Bonchev–Trinajstić information content (AvgIpc) is 1.87. The van der Waals surface area contributed by atoms with E-state index in [1.54, 1.807) is 0 Å². The van der Waals surface area contributed by atoms with Gasteiger partial charge in [-0.05, 0) is 0 Å². The van der Waals surface area contributed by atoms with E-state index in [1.807, 2.05) is 0 Å². The number of halogens is 2. The first-order valence-electron chi connectivity index (χ1n) is 3.90. The molecule has 0 aromatic carbocycles. The summed E-state index contributed by atoms with van der Waals surface area (Å²) in [6.07, 6.45) is 0. The Morgan fingerprint density at radius 3 is 2.45 bits per heavy atom. The second-order valence-electron chi connectivity index (χ2n) is 3.48. The summed E-state index contributed by atoms with van der Waals surface area (Å²) in [5.74, 6) is 0. The lowest BCUT2D eigenvalue weighted by Crippen LogP contribution is -2.22. The molecule has 0 saturated carbocycles. The quantitative estimate of drug-likeness (QED) is 0.540. The van der Waals surface area contributed by atoms with Crippen molar-refractivity contribution in [1.29, 1.82) is 0 Å². The van der Waals surface area contributed by atoms with Crippen LogP contribution in [0.2, 0.25) is 25.2 Å². The maximum atomic E-state index is 3.88. The number of hydrogen-bond acceptors (Lipinski definition) is 0. The van der Waals surface area contributed by atoms with E-state index in [1.165, 1.54) is 12.1 Å². The van der Waals surface area contributed by atoms with Crippen molar-refractivity contribution in [2.24, 2.45) is 0 Å². The lowest BCUT2D eigenvalue weighted by atomic mass is 10.9. The van der Waals surface area contributed by atoms with E-state index in [4.69, 9.17) is 0 Å². The first-order chi connectivity index (χ1) is 4.98. The van der Waals surface area contributed by atoms with E-state index < -0.39 is 8.07 Å². The van der Waals surface area contributed by atoms with E-state index in [-0.39, 0.29) is 9.52 Å². The molecule has 0 nitrogen and oxygen atoms in total. The maximum Gasteiger partial charge on any atom is 0.0706 e. The molecule has 0 N–H and O–H groups in total. The van der Waals surface area contributed by atoms with Crippen molar-refractivity contribution in [1.82, 2.24) is 0 Å². The Labute approximate surface area is 89.9 Å². The Kier molecular flexibility index (Phi) is 6.31. The summed E-state index contributed by atoms with van der Waals surface area (Å²) in [6, 6.07) is 2.85. The Morgan fingerprint density at radius 1 is 1.55 bits per heavy atom. The molecule has 0 atom stereocenters. The van der Waals surface area contributed by atoms with Crippen LogP contribution in [0.25, 0.3) is 0 Å². The fourth-order valence-corrected chi connectivity index (χ4v) is 7.73. The van der Waals surface area contributed by atoms with Gasteiger partial charge in [0.1, 0.15) is 0 Å². The highest BCUT2D eigenvalue weighted by atomic mass is 79.9. The highest BCUT2D eigenvalue weighted by Gasteiger charge is 2.15. The van der Waals surface area contributed by atoms with Crippen LogP contribution in [0.5, 0.6) is 0 Å². The zero-order valence-electron chi connectivity index (χ0n) is 7.24. The third kappa shape index (κ3) is 7.49. The summed E-state index contributed by atoms with van der Waals surface area (Å²) in [5, 5.41) is 0. The summed E-state index contributed by atoms with van der Waals surface area (Å²) < 4.78 is 0.629. The Hall–Kier alpha value is 1.13. The molecule has 0 aliphatic carbocycles. The molecule has 0 aliphatic heterocycles. The number of alkyl halides is 2. The summed E-state index contributed by atoms with van der Waals surface area (Å²) in [5.41, 5.74) is 2.19. The molecule has 0 aromatic rings. The second-order valence-corrected chi connectivity index (χ2v) is 16.3. The Morgan fingerprint density at radius 2 is 2.09 bits per heavy atom. The molecule has 0 heterocycles. The summed E-state index contributed by atoms with van der Waals surface area (Å²) in [6.45, 7) is 8.65. The van der Waals surface area contributed by atoms with Crippen molar-refractivity contribution >= 4 is 49.5 Å². The molecule has 66 valence electrons.